The molecule has 0 unspecified atom stereocenters. The molecule has 5 nitrogen and oxygen atoms in total. The van der Waals surface area contributed by atoms with Gasteiger partial charge in [0.05, 0.1) is 12.8 Å². The molecule has 0 bridgehead atoms. The number of nitrogen functional groups attached to an aromatic ring is 1. The fourth-order valence-corrected chi connectivity index (χ4v) is 5.69. The molecule has 0 radical (unpaired) electrons. The normalized spacial score (nSPS) is 12.9. The predicted molar refractivity (Wildman–Crippen MR) is 120 cm³/mol. The summed E-state index contributed by atoms with van der Waals surface area (Å²) in [5, 5.41) is 5.92. The Morgan fingerprint density at radius 1 is 1.21 bits per heavy atom. The van der Waals surface area contributed by atoms with Gasteiger partial charge in [-0.15, -0.1) is 22.7 Å². The first-order valence-electron chi connectivity index (χ1n) is 9.38. The van der Waals surface area contributed by atoms with Crippen LogP contribution in [-0.4, -0.2) is 18.0 Å². The number of thiophene rings is 2. The van der Waals surface area contributed by atoms with Crippen LogP contribution < -0.4 is 15.8 Å². The highest BCUT2D eigenvalue weighted by molar-refractivity contribution is 7.21. The number of hydrogen-bond donors (Lipinski definition) is 2. The third-order valence-electron chi connectivity index (χ3n) is 5.23. The Kier molecular flexibility index (Phi) is 4.49. The Balaban J connectivity index is 1.60. The monoisotopic (exact) mass is 421 g/mol. The van der Waals surface area contributed by atoms with E-state index in [0.717, 1.165) is 46.5 Å². The summed E-state index contributed by atoms with van der Waals surface area (Å²) >= 11 is 3.07. The van der Waals surface area contributed by atoms with Crippen molar-refractivity contribution in [2.24, 2.45) is 0 Å². The van der Waals surface area contributed by atoms with Gasteiger partial charge in [0.25, 0.3) is 5.91 Å². The van der Waals surface area contributed by atoms with Crippen LogP contribution in [-0.2, 0) is 12.8 Å². The van der Waals surface area contributed by atoms with Crippen LogP contribution in [0.4, 0.5) is 11.4 Å². The standard InChI is InChI=1S/C22H19N3O2S2/c1-27-13-9-7-12(8-10-13)24-21(26)20-19(23)18-17(16-6-3-11-28-16)14-4-2-5-15(14)25-22(18)29-20/h3,6-11H,2,4-5,23H2,1H3,(H,24,26). The number of hydrogen-bond acceptors (Lipinski definition) is 6. The average Bonchev–Trinajstić information content (AvgIpc) is 3.47. The maximum absolute atomic E-state index is 13.0. The zero-order chi connectivity index (χ0) is 20.0. The van der Waals surface area contributed by atoms with Crippen LogP contribution in [0.1, 0.15) is 27.3 Å². The van der Waals surface area contributed by atoms with Crippen molar-refractivity contribution < 1.29 is 9.53 Å². The third kappa shape index (κ3) is 3.07. The number of carbonyl (C=O) groups is 1. The molecule has 146 valence electrons. The number of fused-ring (bicyclic) bond motifs is 2. The van der Waals surface area contributed by atoms with Crippen molar-refractivity contribution in [2.45, 2.75) is 19.3 Å². The van der Waals surface area contributed by atoms with E-state index in [0.29, 0.717) is 16.3 Å². The smallest absolute Gasteiger partial charge is 0.267 e. The molecule has 1 aliphatic rings. The molecule has 0 saturated carbocycles. The van der Waals surface area contributed by atoms with Crippen molar-refractivity contribution in [2.75, 3.05) is 18.2 Å². The van der Waals surface area contributed by atoms with Crippen molar-refractivity contribution >= 4 is 50.2 Å². The lowest BCUT2D eigenvalue weighted by atomic mass is 10.0. The summed E-state index contributed by atoms with van der Waals surface area (Å²) in [5.74, 6) is 0.525. The van der Waals surface area contributed by atoms with Crippen LogP contribution in [0.2, 0.25) is 0 Å². The number of pyridine rings is 1. The largest absolute Gasteiger partial charge is 0.497 e. The highest BCUT2D eigenvalue weighted by atomic mass is 32.1. The van der Waals surface area contributed by atoms with Crippen molar-refractivity contribution in [1.29, 1.82) is 0 Å². The summed E-state index contributed by atoms with van der Waals surface area (Å²) < 4.78 is 5.17. The second kappa shape index (κ2) is 7.17. The van der Waals surface area contributed by atoms with Crippen LogP contribution in [0.5, 0.6) is 5.75 Å². The Hall–Kier alpha value is -2.90. The highest BCUT2D eigenvalue weighted by Crippen LogP contribution is 2.45. The zero-order valence-electron chi connectivity index (χ0n) is 15.8. The zero-order valence-corrected chi connectivity index (χ0v) is 17.5. The SMILES string of the molecule is COc1ccc(NC(=O)c2sc3nc4c(c(-c5cccs5)c3c2N)CCC4)cc1. The minimum absolute atomic E-state index is 0.215. The number of benzene rings is 1. The fourth-order valence-electron chi connectivity index (χ4n) is 3.87. The number of methoxy groups -OCH3 is 1. The van der Waals surface area contributed by atoms with Crippen molar-refractivity contribution in [3.63, 3.8) is 0 Å². The molecule has 3 heterocycles. The number of ether oxygens (including phenoxy) is 1. The first-order chi connectivity index (χ1) is 14.2. The van der Waals surface area contributed by atoms with E-state index in [1.54, 1.807) is 18.4 Å². The molecule has 0 spiro atoms. The topological polar surface area (TPSA) is 77.2 Å². The summed E-state index contributed by atoms with van der Waals surface area (Å²) in [4.78, 5) is 20.4. The van der Waals surface area contributed by atoms with Gasteiger partial charge in [0.1, 0.15) is 15.5 Å². The van der Waals surface area contributed by atoms with Gasteiger partial charge >= 0.3 is 0 Å². The second-order valence-electron chi connectivity index (χ2n) is 6.95. The Labute approximate surface area is 176 Å². The molecular formula is C22H19N3O2S2. The van der Waals surface area contributed by atoms with Gasteiger partial charge in [-0.3, -0.25) is 4.79 Å². The summed E-state index contributed by atoms with van der Waals surface area (Å²) in [6, 6.07) is 11.4. The third-order valence-corrected chi connectivity index (χ3v) is 7.21. The second-order valence-corrected chi connectivity index (χ2v) is 8.90. The molecule has 1 amide bonds. The number of anilines is 2. The number of nitrogens with one attached hydrogen (secondary N) is 1. The molecule has 1 aliphatic carbocycles. The number of rotatable bonds is 4. The van der Waals surface area contributed by atoms with Gasteiger partial charge in [-0.1, -0.05) is 6.07 Å². The van der Waals surface area contributed by atoms with E-state index >= 15 is 0 Å². The van der Waals surface area contributed by atoms with E-state index in [1.807, 2.05) is 30.3 Å². The molecule has 0 atom stereocenters. The average molecular weight is 422 g/mol. The molecule has 29 heavy (non-hydrogen) atoms. The van der Waals surface area contributed by atoms with Crippen molar-refractivity contribution in [3.8, 4) is 16.2 Å². The fraction of sp³-hybridized carbons (Fsp3) is 0.182. The maximum atomic E-state index is 13.0. The lowest BCUT2D eigenvalue weighted by Crippen LogP contribution is -2.11. The van der Waals surface area contributed by atoms with E-state index in [1.165, 1.54) is 21.8 Å². The summed E-state index contributed by atoms with van der Waals surface area (Å²) in [6.45, 7) is 0. The minimum Gasteiger partial charge on any atom is -0.497 e. The lowest BCUT2D eigenvalue weighted by Gasteiger charge is -2.09. The van der Waals surface area contributed by atoms with Crippen LogP contribution in [0.15, 0.2) is 41.8 Å². The van der Waals surface area contributed by atoms with Crippen LogP contribution >= 0.6 is 22.7 Å². The number of nitrogens with two attached hydrogens (primary N) is 1. The number of aromatic nitrogens is 1. The summed E-state index contributed by atoms with van der Waals surface area (Å²) in [6.07, 6.45) is 3.10. The minimum atomic E-state index is -0.215. The molecule has 4 aromatic rings. The van der Waals surface area contributed by atoms with Gasteiger partial charge in [0, 0.05) is 27.2 Å². The van der Waals surface area contributed by atoms with Crippen LogP contribution in [0.3, 0.4) is 0 Å². The van der Waals surface area contributed by atoms with E-state index in [-0.39, 0.29) is 5.91 Å². The van der Waals surface area contributed by atoms with E-state index in [2.05, 4.69) is 16.8 Å². The number of nitrogens with zero attached hydrogens (tertiary/aromatic N) is 1. The van der Waals surface area contributed by atoms with E-state index < -0.39 is 0 Å². The first-order valence-corrected chi connectivity index (χ1v) is 11.1. The quantitative estimate of drug-likeness (QED) is 0.465. The number of carbonyl (C=O) groups excluding carboxylic acids is 1. The predicted octanol–water partition coefficient (Wildman–Crippen LogP) is 5.36. The van der Waals surface area contributed by atoms with Gasteiger partial charge in [-0.25, -0.2) is 4.98 Å². The first kappa shape index (κ1) is 18.1. The van der Waals surface area contributed by atoms with Gasteiger partial charge in [-0.2, -0.15) is 0 Å². The number of aryl methyl sites for hydroxylation is 1. The van der Waals surface area contributed by atoms with E-state index in [9.17, 15) is 4.79 Å². The lowest BCUT2D eigenvalue weighted by molar-refractivity contribution is 0.103. The summed E-state index contributed by atoms with van der Waals surface area (Å²) in [7, 11) is 1.61. The Bertz CT molecular complexity index is 1210. The van der Waals surface area contributed by atoms with Gasteiger partial charge in [0.15, 0.2) is 0 Å². The van der Waals surface area contributed by atoms with Crippen molar-refractivity contribution in [3.05, 3.63) is 57.9 Å². The highest BCUT2D eigenvalue weighted by Gasteiger charge is 2.26. The van der Waals surface area contributed by atoms with Gasteiger partial charge in [-0.05, 0) is 60.5 Å². The van der Waals surface area contributed by atoms with Gasteiger partial charge < -0.3 is 15.8 Å². The number of amides is 1. The van der Waals surface area contributed by atoms with Crippen LogP contribution in [0.25, 0.3) is 20.7 Å². The molecular weight excluding hydrogens is 402 g/mol. The van der Waals surface area contributed by atoms with Gasteiger partial charge in [0.2, 0.25) is 0 Å². The maximum Gasteiger partial charge on any atom is 0.267 e. The summed E-state index contributed by atoms with van der Waals surface area (Å²) in [5.41, 5.74) is 11.3. The molecule has 3 N–H and O–H groups in total. The Morgan fingerprint density at radius 2 is 2.03 bits per heavy atom. The van der Waals surface area contributed by atoms with Crippen molar-refractivity contribution in [1.82, 2.24) is 4.98 Å². The Morgan fingerprint density at radius 3 is 2.76 bits per heavy atom. The molecule has 1 aromatic carbocycles. The van der Waals surface area contributed by atoms with E-state index in [4.69, 9.17) is 15.5 Å². The molecule has 3 aromatic heterocycles. The molecule has 0 fully saturated rings. The molecule has 7 heteroatoms. The molecule has 0 saturated heterocycles. The molecule has 5 rings (SSSR count). The molecule has 0 aliphatic heterocycles. The van der Waals surface area contributed by atoms with Crippen LogP contribution in [0, 0.1) is 0 Å².